The Bertz CT molecular complexity index is 1790. The molecule has 0 spiro atoms. The van der Waals surface area contributed by atoms with E-state index in [1.807, 2.05) is 20.0 Å². The van der Waals surface area contributed by atoms with Crippen LogP contribution in [0.4, 0.5) is 0 Å². The Kier molecular flexibility index (Phi) is 3.78. The Labute approximate surface area is 193 Å². The van der Waals surface area contributed by atoms with Crippen LogP contribution in [0.3, 0.4) is 0 Å². The lowest BCUT2D eigenvalue weighted by atomic mass is 9.81. The number of pyridine rings is 2. The van der Waals surface area contributed by atoms with Gasteiger partial charge in [-0.2, -0.15) is 5.26 Å². The molecule has 0 saturated heterocycles. The predicted molar refractivity (Wildman–Crippen MR) is 138 cm³/mol. The van der Waals surface area contributed by atoms with Gasteiger partial charge >= 0.3 is 0 Å². The first-order valence-corrected chi connectivity index (χ1v) is 11.6. The molecule has 0 aliphatic rings. The van der Waals surface area contributed by atoms with Gasteiger partial charge in [-0.3, -0.25) is 4.98 Å². The molecule has 0 N–H and O–H groups in total. The van der Waals surface area contributed by atoms with Crippen molar-refractivity contribution in [1.29, 1.82) is 5.26 Å². The summed E-state index contributed by atoms with van der Waals surface area (Å²) in [6.07, 6.45) is 1.91. The lowest BCUT2D eigenvalue weighted by molar-refractivity contribution is 0.594. The fraction of sp³-hybridized carbons (Fsp3) is 0.267. The van der Waals surface area contributed by atoms with Gasteiger partial charge in [0, 0.05) is 27.7 Å². The van der Waals surface area contributed by atoms with Crippen LogP contribution in [0, 0.1) is 18.3 Å². The van der Waals surface area contributed by atoms with Crippen molar-refractivity contribution in [2.24, 2.45) is 0 Å². The molecule has 0 unspecified atom stereocenters. The van der Waals surface area contributed by atoms with E-state index in [0.29, 0.717) is 0 Å². The van der Waals surface area contributed by atoms with E-state index in [2.05, 4.69) is 86.7 Å². The highest BCUT2D eigenvalue weighted by molar-refractivity contribution is 6.29. The van der Waals surface area contributed by atoms with Gasteiger partial charge in [0.2, 0.25) is 0 Å². The molecular formula is C30H27N3. The van der Waals surface area contributed by atoms with E-state index in [4.69, 9.17) is 4.98 Å². The predicted octanol–water partition coefficient (Wildman–Crippen LogP) is 7.79. The summed E-state index contributed by atoms with van der Waals surface area (Å²) in [5.41, 5.74) is 7.60. The number of nitriles is 1. The number of hydrogen-bond donors (Lipinski definition) is 0. The van der Waals surface area contributed by atoms with Gasteiger partial charge in [0.1, 0.15) is 0 Å². The second kappa shape index (κ2) is 6.23. The second-order valence-corrected chi connectivity index (χ2v) is 11.0. The standard InChI is InChI=1S/C30H27N3/c1-17-13-20-26-24-18(11-12-32-26)15-21(30(5,6)16-31)25-19-9-7-8-10-23(19)33(28(24)25)27(20)22(14-17)29(2,3)4/h7-15H,1-6H3. The minimum absolute atomic E-state index is 0.0390. The molecule has 0 radical (unpaired) electrons. The summed E-state index contributed by atoms with van der Waals surface area (Å²) in [5.74, 6) is 0. The van der Waals surface area contributed by atoms with Gasteiger partial charge < -0.3 is 4.40 Å². The zero-order chi connectivity index (χ0) is 23.3. The molecule has 162 valence electrons. The van der Waals surface area contributed by atoms with Crippen molar-refractivity contribution in [3.63, 3.8) is 0 Å². The molecule has 3 aromatic heterocycles. The van der Waals surface area contributed by atoms with Crippen LogP contribution in [0.25, 0.3) is 49.0 Å². The molecule has 0 aliphatic carbocycles. The average molecular weight is 430 g/mol. The van der Waals surface area contributed by atoms with Crippen LogP contribution in [0.15, 0.2) is 54.7 Å². The van der Waals surface area contributed by atoms with Crippen LogP contribution in [-0.2, 0) is 10.8 Å². The molecule has 6 aromatic rings. The molecular weight excluding hydrogens is 402 g/mol. The molecule has 3 nitrogen and oxygen atoms in total. The molecule has 3 aromatic carbocycles. The molecule has 0 bridgehead atoms. The van der Waals surface area contributed by atoms with E-state index in [1.54, 1.807) is 0 Å². The van der Waals surface area contributed by atoms with Crippen molar-refractivity contribution >= 4 is 49.0 Å². The van der Waals surface area contributed by atoms with E-state index < -0.39 is 5.41 Å². The molecule has 6 rings (SSSR count). The van der Waals surface area contributed by atoms with E-state index in [-0.39, 0.29) is 5.41 Å². The third kappa shape index (κ3) is 2.52. The lowest BCUT2D eigenvalue weighted by Crippen LogP contribution is -2.15. The van der Waals surface area contributed by atoms with Gasteiger partial charge in [-0.1, -0.05) is 50.6 Å². The van der Waals surface area contributed by atoms with Crippen molar-refractivity contribution in [3.8, 4) is 6.07 Å². The first kappa shape index (κ1) is 20.0. The fourth-order valence-electron chi connectivity index (χ4n) is 5.58. The highest BCUT2D eigenvalue weighted by atomic mass is 14.9. The number of hydrogen-bond acceptors (Lipinski definition) is 2. The average Bonchev–Trinajstić information content (AvgIpc) is 3.12. The Morgan fingerprint density at radius 1 is 0.848 bits per heavy atom. The first-order valence-electron chi connectivity index (χ1n) is 11.6. The van der Waals surface area contributed by atoms with E-state index in [9.17, 15) is 5.26 Å². The van der Waals surface area contributed by atoms with Gasteiger partial charge in [0.05, 0.1) is 33.6 Å². The van der Waals surface area contributed by atoms with Crippen molar-refractivity contribution in [2.45, 2.75) is 52.4 Å². The van der Waals surface area contributed by atoms with Crippen LogP contribution < -0.4 is 0 Å². The first-order chi connectivity index (χ1) is 15.6. The van der Waals surface area contributed by atoms with Gasteiger partial charge in [0.15, 0.2) is 0 Å². The third-order valence-electron chi connectivity index (χ3n) is 7.16. The maximum atomic E-state index is 10.1. The minimum atomic E-state index is -0.618. The topological polar surface area (TPSA) is 41.1 Å². The van der Waals surface area contributed by atoms with Crippen LogP contribution in [0.1, 0.15) is 51.3 Å². The molecule has 3 heteroatoms. The van der Waals surface area contributed by atoms with Crippen molar-refractivity contribution in [3.05, 3.63) is 71.4 Å². The van der Waals surface area contributed by atoms with Gasteiger partial charge in [-0.25, -0.2) is 0 Å². The molecule has 0 fully saturated rings. The largest absolute Gasteiger partial charge is 0.308 e. The summed E-state index contributed by atoms with van der Waals surface area (Å²) in [7, 11) is 0. The van der Waals surface area contributed by atoms with E-state index >= 15 is 0 Å². The quantitative estimate of drug-likeness (QED) is 0.198. The van der Waals surface area contributed by atoms with E-state index in [0.717, 1.165) is 16.5 Å². The van der Waals surface area contributed by atoms with Crippen molar-refractivity contribution in [1.82, 2.24) is 9.38 Å². The Morgan fingerprint density at radius 2 is 1.61 bits per heavy atom. The smallest absolute Gasteiger partial charge is 0.0822 e. The molecule has 0 atom stereocenters. The van der Waals surface area contributed by atoms with Crippen LogP contribution in [0.2, 0.25) is 0 Å². The molecule has 33 heavy (non-hydrogen) atoms. The van der Waals surface area contributed by atoms with Gasteiger partial charge in [-0.15, -0.1) is 0 Å². The molecule has 0 saturated carbocycles. The summed E-state index contributed by atoms with van der Waals surface area (Å²) in [6.45, 7) is 13.1. The molecule has 0 aliphatic heterocycles. The fourth-order valence-corrected chi connectivity index (χ4v) is 5.58. The van der Waals surface area contributed by atoms with Crippen molar-refractivity contribution in [2.75, 3.05) is 0 Å². The van der Waals surface area contributed by atoms with Gasteiger partial charge in [-0.05, 0) is 67.0 Å². The number of nitrogens with zero attached hydrogens (tertiary/aromatic N) is 3. The number of aromatic nitrogens is 2. The number of fused-ring (bicyclic) bond motifs is 6. The zero-order valence-electron chi connectivity index (χ0n) is 20.0. The lowest BCUT2D eigenvalue weighted by Gasteiger charge is -2.25. The highest BCUT2D eigenvalue weighted by Crippen LogP contribution is 2.46. The third-order valence-corrected chi connectivity index (χ3v) is 7.16. The van der Waals surface area contributed by atoms with Crippen LogP contribution in [-0.4, -0.2) is 9.38 Å². The normalized spacial score (nSPS) is 13.1. The number of aryl methyl sites for hydroxylation is 1. The van der Waals surface area contributed by atoms with Crippen LogP contribution >= 0.6 is 0 Å². The monoisotopic (exact) mass is 429 g/mol. The summed E-state index contributed by atoms with van der Waals surface area (Å²) in [5, 5.41) is 16.0. The summed E-state index contributed by atoms with van der Waals surface area (Å²) in [4.78, 5) is 4.93. The Balaban J connectivity index is 2.09. The molecule has 3 heterocycles. The Morgan fingerprint density at radius 3 is 2.33 bits per heavy atom. The summed E-state index contributed by atoms with van der Waals surface area (Å²) >= 11 is 0. The second-order valence-electron chi connectivity index (χ2n) is 11.0. The SMILES string of the molecule is Cc1cc(C(C)(C)C)c2c(c1)c1nccc3cc(C(C)(C)C#N)c4c5ccccc5n2c4c31. The van der Waals surface area contributed by atoms with Crippen molar-refractivity contribution < 1.29 is 0 Å². The number of benzene rings is 3. The zero-order valence-corrected chi connectivity index (χ0v) is 20.0. The maximum absolute atomic E-state index is 10.1. The summed E-state index contributed by atoms with van der Waals surface area (Å²) in [6, 6.07) is 20.1. The maximum Gasteiger partial charge on any atom is 0.0822 e. The summed E-state index contributed by atoms with van der Waals surface area (Å²) < 4.78 is 2.45. The Hall–Kier alpha value is -3.64. The minimum Gasteiger partial charge on any atom is -0.308 e. The number of para-hydroxylation sites is 1. The number of rotatable bonds is 1. The van der Waals surface area contributed by atoms with Gasteiger partial charge in [0.25, 0.3) is 0 Å². The highest BCUT2D eigenvalue weighted by Gasteiger charge is 2.30. The van der Waals surface area contributed by atoms with E-state index in [1.165, 1.54) is 49.2 Å². The molecule has 0 amide bonds. The van der Waals surface area contributed by atoms with Crippen LogP contribution in [0.5, 0.6) is 0 Å².